The molecule has 1 atom stereocenters. The Kier molecular flexibility index (Phi) is 5.01. The maximum atomic E-state index is 12.8. The zero-order chi connectivity index (χ0) is 18.9. The van der Waals surface area contributed by atoms with Gasteiger partial charge in [-0.3, -0.25) is 4.90 Å². The van der Waals surface area contributed by atoms with Crippen LogP contribution in [-0.4, -0.2) is 65.7 Å². The normalized spacial score (nSPS) is 25.1. The maximum absolute atomic E-state index is 12.8. The summed E-state index contributed by atoms with van der Waals surface area (Å²) >= 11 is 6.08. The number of quaternary nitrogens is 1. The van der Waals surface area contributed by atoms with Gasteiger partial charge in [0.25, 0.3) is 0 Å². The van der Waals surface area contributed by atoms with E-state index in [0.29, 0.717) is 12.3 Å². The highest BCUT2D eigenvalue weighted by Crippen LogP contribution is 2.24. The molecule has 8 heteroatoms. The van der Waals surface area contributed by atoms with Crippen LogP contribution in [0.15, 0.2) is 53.8 Å². The van der Waals surface area contributed by atoms with Crippen LogP contribution in [0.1, 0.15) is 6.42 Å². The van der Waals surface area contributed by atoms with Gasteiger partial charge in [0.2, 0.25) is 5.84 Å². The fourth-order valence-corrected chi connectivity index (χ4v) is 3.80. The maximum Gasteiger partial charge on any atom is 0.455 e. The Morgan fingerprint density at radius 3 is 2.74 bits per heavy atom. The van der Waals surface area contributed by atoms with Gasteiger partial charge in [0.1, 0.15) is 6.54 Å². The smallest absolute Gasteiger partial charge is 0.455 e. The van der Waals surface area contributed by atoms with Gasteiger partial charge in [-0.05, 0) is 30.4 Å². The molecule has 1 unspecified atom stereocenters. The van der Waals surface area contributed by atoms with Gasteiger partial charge in [-0.25, -0.2) is 9.69 Å². The van der Waals surface area contributed by atoms with Gasteiger partial charge in [-0.2, -0.15) is 0 Å². The van der Waals surface area contributed by atoms with Crippen molar-refractivity contribution < 1.29 is 9.55 Å². The summed E-state index contributed by atoms with van der Waals surface area (Å²) in [5.41, 5.74) is 1.14. The second-order valence-electron chi connectivity index (χ2n) is 6.90. The summed E-state index contributed by atoms with van der Waals surface area (Å²) in [5.74, 6) is 0.424. The third-order valence-corrected chi connectivity index (χ3v) is 5.32. The molecule has 0 bridgehead atoms. The quantitative estimate of drug-likeness (QED) is 0.575. The van der Waals surface area contributed by atoms with E-state index in [1.807, 2.05) is 18.2 Å². The lowest BCUT2D eigenvalue weighted by atomic mass is 10.2. The largest absolute Gasteiger partial charge is 0.596 e. The van der Waals surface area contributed by atoms with E-state index in [-0.39, 0.29) is 6.54 Å². The van der Waals surface area contributed by atoms with Crippen molar-refractivity contribution in [1.29, 1.82) is 0 Å². The van der Waals surface area contributed by atoms with E-state index in [1.165, 1.54) is 4.90 Å². The molecule has 0 aliphatic carbocycles. The first-order chi connectivity index (χ1) is 13.0. The molecule has 3 heterocycles. The summed E-state index contributed by atoms with van der Waals surface area (Å²) in [6.45, 7) is 4.63. The Labute approximate surface area is 163 Å². The number of urea groups is 1. The molecule has 4 rings (SSSR count). The average molecular weight is 388 g/mol. The minimum atomic E-state index is -1.15. The number of hydrogen-bond acceptors (Lipinski definition) is 5. The van der Waals surface area contributed by atoms with Gasteiger partial charge in [0.05, 0.1) is 0 Å². The third kappa shape index (κ3) is 3.77. The summed E-state index contributed by atoms with van der Waals surface area (Å²) in [7, 11) is 0. The van der Waals surface area contributed by atoms with Crippen molar-refractivity contribution >= 4 is 29.2 Å². The topological polar surface area (TPSA) is 62.2 Å². The van der Waals surface area contributed by atoms with Crippen molar-refractivity contribution in [3.05, 3.63) is 58.9 Å². The van der Waals surface area contributed by atoms with E-state index in [2.05, 4.69) is 21.0 Å². The molecular weight excluding hydrogens is 366 g/mol. The molecule has 0 N–H and O–H groups in total. The minimum absolute atomic E-state index is 0.162. The predicted molar refractivity (Wildman–Crippen MR) is 106 cm³/mol. The van der Waals surface area contributed by atoms with Gasteiger partial charge in [0, 0.05) is 56.1 Å². The molecule has 3 aliphatic heterocycles. The van der Waals surface area contributed by atoms with Crippen LogP contribution >= 0.6 is 11.6 Å². The molecular formula is C19H22ClN5O2. The van der Waals surface area contributed by atoms with E-state index in [9.17, 15) is 10.0 Å². The van der Waals surface area contributed by atoms with Crippen LogP contribution in [-0.2, 0) is 0 Å². The van der Waals surface area contributed by atoms with E-state index in [4.69, 9.17) is 11.6 Å². The zero-order valence-electron chi connectivity index (χ0n) is 15.0. The number of hydrogen-bond donors (Lipinski definition) is 0. The number of anilines is 1. The molecule has 0 saturated carbocycles. The highest BCUT2D eigenvalue weighted by molar-refractivity contribution is 6.30. The molecule has 27 heavy (non-hydrogen) atoms. The number of hydroxylamine groups is 2. The number of carbonyl (C=O) groups excluding carboxylic acids is 1. The number of allylic oxidation sites excluding steroid dienone is 2. The van der Waals surface area contributed by atoms with E-state index >= 15 is 0 Å². The first-order valence-corrected chi connectivity index (χ1v) is 9.54. The number of halogens is 1. The lowest BCUT2D eigenvalue weighted by Gasteiger charge is -2.36. The molecule has 2 amide bonds. The fourth-order valence-electron chi connectivity index (χ4n) is 3.61. The van der Waals surface area contributed by atoms with E-state index < -0.39 is 10.8 Å². The Morgan fingerprint density at radius 2 is 2.00 bits per heavy atom. The van der Waals surface area contributed by atoms with Gasteiger partial charge in [-0.15, -0.1) is 4.76 Å². The Balaban J connectivity index is 1.26. The molecule has 1 aromatic rings. The lowest BCUT2D eigenvalue weighted by molar-refractivity contribution is -0.803. The molecule has 1 fully saturated rings. The van der Waals surface area contributed by atoms with Gasteiger partial charge >= 0.3 is 6.03 Å². The van der Waals surface area contributed by atoms with Crippen molar-refractivity contribution in [2.24, 2.45) is 5.10 Å². The molecule has 142 valence electrons. The second kappa shape index (κ2) is 7.44. The zero-order valence-corrected chi connectivity index (χ0v) is 15.8. The average Bonchev–Trinajstić information content (AvgIpc) is 2.93. The highest BCUT2D eigenvalue weighted by atomic mass is 35.5. The summed E-state index contributed by atoms with van der Waals surface area (Å²) in [4.78, 5) is 18.3. The minimum Gasteiger partial charge on any atom is -0.596 e. The number of nitrogens with zero attached hydrogens (tertiary/aromatic N) is 5. The van der Waals surface area contributed by atoms with Crippen LogP contribution in [0.2, 0.25) is 5.02 Å². The number of benzene rings is 1. The third-order valence-electron chi connectivity index (χ3n) is 5.09. The number of rotatable bonds is 5. The number of amidine groups is 1. The molecule has 7 nitrogen and oxygen atoms in total. The monoisotopic (exact) mass is 387 g/mol. The molecule has 0 aromatic heterocycles. The van der Waals surface area contributed by atoms with Crippen molar-refractivity contribution in [2.75, 3.05) is 44.2 Å². The van der Waals surface area contributed by atoms with E-state index in [1.54, 1.807) is 24.4 Å². The van der Waals surface area contributed by atoms with Crippen molar-refractivity contribution in [3.63, 3.8) is 0 Å². The van der Waals surface area contributed by atoms with Crippen LogP contribution in [0.5, 0.6) is 0 Å². The van der Waals surface area contributed by atoms with Crippen LogP contribution in [0.25, 0.3) is 0 Å². The van der Waals surface area contributed by atoms with Crippen LogP contribution in [0.3, 0.4) is 0 Å². The summed E-state index contributed by atoms with van der Waals surface area (Å²) in [6, 6.07) is 7.37. The van der Waals surface area contributed by atoms with Gasteiger partial charge < -0.3 is 10.1 Å². The molecule has 1 saturated heterocycles. The van der Waals surface area contributed by atoms with Crippen molar-refractivity contribution in [3.8, 4) is 0 Å². The molecule has 0 spiro atoms. The molecule has 1 aromatic carbocycles. The van der Waals surface area contributed by atoms with E-state index in [0.717, 1.165) is 43.4 Å². The lowest BCUT2D eigenvalue weighted by Crippen LogP contribution is -2.48. The van der Waals surface area contributed by atoms with Crippen LogP contribution in [0, 0.1) is 5.21 Å². The number of fused-ring (bicyclic) bond motifs is 1. The molecule has 3 aliphatic rings. The Morgan fingerprint density at radius 1 is 1.19 bits per heavy atom. The van der Waals surface area contributed by atoms with Gasteiger partial charge in [-0.1, -0.05) is 28.8 Å². The summed E-state index contributed by atoms with van der Waals surface area (Å²) < 4.78 is -1.15. The number of piperazine rings is 1. The number of carbonyl (C=O) groups is 1. The predicted octanol–water partition coefficient (Wildman–Crippen LogP) is 3.00. The summed E-state index contributed by atoms with van der Waals surface area (Å²) in [6.07, 6.45) is 7.41. The van der Waals surface area contributed by atoms with Crippen molar-refractivity contribution in [1.82, 2.24) is 9.80 Å². The van der Waals surface area contributed by atoms with Crippen LogP contribution in [0.4, 0.5) is 10.5 Å². The fraction of sp³-hybridized carbons (Fsp3) is 0.368. The first-order valence-electron chi connectivity index (χ1n) is 9.16. The first kappa shape index (κ1) is 18.2. The Bertz CT molecular complexity index is 816. The second-order valence-corrected chi connectivity index (χ2v) is 7.34. The standard InChI is InChI=1S/C19H22ClN5O2/c20-16-5-3-6-17(15-16)23-12-10-22(11-13-23)8-4-14-25(27)19(26)24-9-2-1-7-18(24)21-25/h1-3,5-7,9,15H,4,8,10-14H2. The molecule has 0 radical (unpaired) electrons. The highest BCUT2D eigenvalue weighted by Gasteiger charge is 2.42. The number of amides is 2. The van der Waals surface area contributed by atoms with Gasteiger partial charge in [0.15, 0.2) is 0 Å². The van der Waals surface area contributed by atoms with Crippen molar-refractivity contribution in [2.45, 2.75) is 6.42 Å². The SMILES string of the molecule is O=C1N2C=CC=CC2=N[N+]1([O-])CCCN1CCN(c2cccc(Cl)c2)CC1. The van der Waals surface area contributed by atoms with Crippen LogP contribution < -0.4 is 4.90 Å². The summed E-state index contributed by atoms with van der Waals surface area (Å²) in [5, 5.41) is 17.6. The Hall–Kier alpha value is -2.19.